The van der Waals surface area contributed by atoms with E-state index in [-0.39, 0.29) is 0 Å². The van der Waals surface area contributed by atoms with Crippen LogP contribution in [-0.2, 0) is 6.42 Å². The average Bonchev–Trinajstić information content (AvgIpc) is 2.79. The van der Waals surface area contributed by atoms with Gasteiger partial charge >= 0.3 is 0 Å². The molecule has 0 saturated heterocycles. The van der Waals surface area contributed by atoms with Gasteiger partial charge in [-0.2, -0.15) is 0 Å². The minimum Gasteiger partial charge on any atom is -0.279 e. The van der Waals surface area contributed by atoms with Crippen LogP contribution in [0.15, 0.2) is 39.3 Å². The van der Waals surface area contributed by atoms with E-state index in [2.05, 4.69) is 46.4 Å². The number of hydrogen-bond donors (Lipinski definition) is 0. The highest BCUT2D eigenvalue weighted by Gasteiger charge is 2.15. The van der Waals surface area contributed by atoms with Crippen LogP contribution in [0.5, 0.6) is 0 Å². The third-order valence-electron chi connectivity index (χ3n) is 3.18. The van der Waals surface area contributed by atoms with E-state index in [1.165, 1.54) is 0 Å². The topological polar surface area (TPSA) is 30.7 Å². The number of aryl methyl sites for hydroxylation is 2. The molecule has 0 atom stereocenters. The van der Waals surface area contributed by atoms with E-state index in [1.54, 1.807) is 0 Å². The molecule has 0 N–H and O–H groups in total. The van der Waals surface area contributed by atoms with Crippen LogP contribution in [0.1, 0.15) is 11.5 Å². The van der Waals surface area contributed by atoms with Gasteiger partial charge in [0.25, 0.3) is 0 Å². The van der Waals surface area contributed by atoms with Crippen molar-refractivity contribution >= 4 is 54.6 Å². The quantitative estimate of drug-likeness (QED) is 0.547. The van der Waals surface area contributed by atoms with Crippen LogP contribution in [-0.4, -0.2) is 20.4 Å². The summed E-state index contributed by atoms with van der Waals surface area (Å²) >= 11 is 13.1. The standard InChI is InChI=1S/C15H12Br2ClN3/c1-9-2-5-12-15(19-9)21(14(20-12)6-7-18)13-8-10(16)3-4-11(13)17/h2-5,8H,6-7H2,1H3. The molecule has 6 heteroatoms. The SMILES string of the molecule is Cc1ccc2nc(CCCl)n(-c3cc(Br)ccc3Br)c2n1. The Morgan fingerprint density at radius 3 is 2.71 bits per heavy atom. The summed E-state index contributed by atoms with van der Waals surface area (Å²) < 4.78 is 4.07. The molecule has 3 rings (SSSR count). The highest BCUT2D eigenvalue weighted by atomic mass is 79.9. The van der Waals surface area contributed by atoms with Crippen molar-refractivity contribution in [2.24, 2.45) is 0 Å². The highest BCUT2D eigenvalue weighted by Crippen LogP contribution is 2.29. The molecule has 108 valence electrons. The maximum absolute atomic E-state index is 5.93. The highest BCUT2D eigenvalue weighted by molar-refractivity contribution is 9.11. The number of fused-ring (bicyclic) bond motifs is 1. The van der Waals surface area contributed by atoms with Gasteiger partial charge in [-0.1, -0.05) is 15.9 Å². The molecule has 0 aliphatic carbocycles. The Morgan fingerprint density at radius 1 is 1.14 bits per heavy atom. The fourth-order valence-corrected chi connectivity index (χ4v) is 3.20. The largest absolute Gasteiger partial charge is 0.279 e. The average molecular weight is 430 g/mol. The van der Waals surface area contributed by atoms with E-state index in [4.69, 9.17) is 11.6 Å². The maximum atomic E-state index is 5.93. The van der Waals surface area contributed by atoms with E-state index in [0.29, 0.717) is 12.3 Å². The molecule has 3 nitrogen and oxygen atoms in total. The number of halogens is 3. The zero-order valence-corrected chi connectivity index (χ0v) is 15.2. The van der Waals surface area contributed by atoms with Gasteiger partial charge in [-0.3, -0.25) is 4.57 Å². The van der Waals surface area contributed by atoms with Crippen LogP contribution in [0.4, 0.5) is 0 Å². The third kappa shape index (κ3) is 2.87. The normalized spacial score (nSPS) is 11.2. The smallest absolute Gasteiger partial charge is 0.164 e. The number of pyridine rings is 1. The molecule has 0 saturated carbocycles. The number of alkyl halides is 1. The molecule has 0 bridgehead atoms. The third-order valence-corrected chi connectivity index (χ3v) is 4.53. The molecule has 0 unspecified atom stereocenters. The second kappa shape index (κ2) is 6.07. The Balaban J connectivity index is 2.35. The first kappa shape index (κ1) is 15.0. The van der Waals surface area contributed by atoms with Gasteiger partial charge in [0.1, 0.15) is 11.3 Å². The van der Waals surface area contributed by atoms with Crippen LogP contribution in [0, 0.1) is 6.92 Å². The minimum atomic E-state index is 0.522. The second-order valence-corrected chi connectivity index (χ2v) is 6.84. The molecule has 0 aliphatic rings. The van der Waals surface area contributed by atoms with E-state index in [1.807, 2.05) is 37.3 Å². The molecule has 0 aliphatic heterocycles. The van der Waals surface area contributed by atoms with E-state index >= 15 is 0 Å². The number of aromatic nitrogens is 3. The Hall–Kier alpha value is -0.910. The van der Waals surface area contributed by atoms with Crippen LogP contribution in [0.2, 0.25) is 0 Å². The van der Waals surface area contributed by atoms with Crippen LogP contribution >= 0.6 is 43.5 Å². The predicted octanol–water partition coefficient (Wildman–Crippen LogP) is 5.04. The molecule has 0 amide bonds. The Labute approximate surface area is 144 Å². The fraction of sp³-hybridized carbons (Fsp3) is 0.200. The van der Waals surface area contributed by atoms with Gasteiger partial charge < -0.3 is 0 Å². The van der Waals surface area contributed by atoms with Gasteiger partial charge in [-0.15, -0.1) is 11.6 Å². The Morgan fingerprint density at radius 2 is 1.95 bits per heavy atom. The van der Waals surface area contributed by atoms with E-state index < -0.39 is 0 Å². The summed E-state index contributed by atoms with van der Waals surface area (Å²) in [7, 11) is 0. The summed E-state index contributed by atoms with van der Waals surface area (Å²) in [6, 6.07) is 10.0. The molecular weight excluding hydrogens is 417 g/mol. The molecule has 2 aromatic heterocycles. The van der Waals surface area contributed by atoms with Crippen molar-refractivity contribution in [1.29, 1.82) is 0 Å². The monoisotopic (exact) mass is 427 g/mol. The van der Waals surface area contributed by atoms with Crippen molar-refractivity contribution in [3.05, 3.63) is 50.8 Å². The molecule has 0 fully saturated rings. The van der Waals surface area contributed by atoms with Gasteiger partial charge in [-0.05, 0) is 53.2 Å². The predicted molar refractivity (Wildman–Crippen MR) is 93.4 cm³/mol. The van der Waals surface area contributed by atoms with Crippen molar-refractivity contribution in [3.63, 3.8) is 0 Å². The van der Waals surface area contributed by atoms with Crippen molar-refractivity contribution in [2.45, 2.75) is 13.3 Å². The minimum absolute atomic E-state index is 0.522. The van der Waals surface area contributed by atoms with E-state index in [0.717, 1.165) is 37.3 Å². The lowest BCUT2D eigenvalue weighted by Gasteiger charge is -2.11. The number of benzene rings is 1. The summed E-state index contributed by atoms with van der Waals surface area (Å²) in [4.78, 5) is 9.32. The molecule has 21 heavy (non-hydrogen) atoms. The maximum Gasteiger partial charge on any atom is 0.164 e. The molecular formula is C15H12Br2ClN3. The van der Waals surface area contributed by atoms with Crippen LogP contribution in [0.3, 0.4) is 0 Å². The number of imidazole rings is 1. The van der Waals surface area contributed by atoms with Crippen molar-refractivity contribution in [1.82, 2.24) is 14.5 Å². The first-order valence-corrected chi connectivity index (χ1v) is 8.58. The van der Waals surface area contributed by atoms with Crippen LogP contribution in [0.25, 0.3) is 16.9 Å². The number of nitrogens with zero attached hydrogens (tertiary/aromatic N) is 3. The summed E-state index contributed by atoms with van der Waals surface area (Å²) in [5.41, 5.74) is 3.71. The second-order valence-electron chi connectivity index (χ2n) is 4.69. The van der Waals surface area contributed by atoms with Gasteiger partial charge in [0.2, 0.25) is 0 Å². The summed E-state index contributed by atoms with van der Waals surface area (Å²) in [6.07, 6.45) is 0.690. The lowest BCUT2D eigenvalue weighted by atomic mass is 10.3. The van der Waals surface area contributed by atoms with E-state index in [9.17, 15) is 0 Å². The Kier molecular flexibility index (Phi) is 4.33. The number of rotatable bonds is 3. The lowest BCUT2D eigenvalue weighted by Crippen LogP contribution is -2.04. The van der Waals surface area contributed by atoms with Crippen molar-refractivity contribution in [2.75, 3.05) is 5.88 Å². The zero-order valence-electron chi connectivity index (χ0n) is 11.3. The van der Waals surface area contributed by atoms with Crippen LogP contribution < -0.4 is 0 Å². The summed E-state index contributed by atoms with van der Waals surface area (Å²) in [6.45, 7) is 1.98. The molecule has 0 spiro atoms. The lowest BCUT2D eigenvalue weighted by molar-refractivity contribution is 0.900. The molecule has 2 heterocycles. The first-order chi connectivity index (χ1) is 10.1. The van der Waals surface area contributed by atoms with Crippen molar-refractivity contribution < 1.29 is 0 Å². The Bertz CT molecular complexity index is 814. The van der Waals surface area contributed by atoms with Gasteiger partial charge in [0.15, 0.2) is 5.65 Å². The number of hydrogen-bond acceptors (Lipinski definition) is 2. The molecule has 1 aromatic carbocycles. The summed E-state index contributed by atoms with van der Waals surface area (Å²) in [5, 5.41) is 0. The fourth-order valence-electron chi connectivity index (χ4n) is 2.26. The van der Waals surface area contributed by atoms with Gasteiger partial charge in [0, 0.05) is 26.9 Å². The first-order valence-electron chi connectivity index (χ1n) is 6.46. The van der Waals surface area contributed by atoms with Gasteiger partial charge in [0.05, 0.1) is 5.69 Å². The van der Waals surface area contributed by atoms with Crippen molar-refractivity contribution in [3.8, 4) is 5.69 Å². The zero-order chi connectivity index (χ0) is 15.0. The van der Waals surface area contributed by atoms with Gasteiger partial charge in [-0.25, -0.2) is 9.97 Å². The molecule has 3 aromatic rings. The molecule has 0 radical (unpaired) electrons. The summed E-state index contributed by atoms with van der Waals surface area (Å²) in [5.74, 6) is 1.44.